The van der Waals surface area contributed by atoms with Crippen LogP contribution in [-0.4, -0.2) is 0 Å². The van der Waals surface area contributed by atoms with Gasteiger partial charge in [0, 0.05) is 15.0 Å². The molecule has 2 rings (SSSR count). The lowest BCUT2D eigenvalue weighted by atomic mass is 10.1. The van der Waals surface area contributed by atoms with E-state index in [1.807, 2.05) is 6.07 Å². The van der Waals surface area contributed by atoms with Crippen LogP contribution in [0.3, 0.4) is 0 Å². The van der Waals surface area contributed by atoms with Crippen molar-refractivity contribution in [3.63, 3.8) is 0 Å². The fraction of sp³-hybridized carbons (Fsp3) is 0.333. The Morgan fingerprint density at radius 1 is 1.25 bits per heavy atom. The van der Waals surface area contributed by atoms with Gasteiger partial charge in [0.1, 0.15) is 0 Å². The Hall–Kier alpha value is 0.140. The van der Waals surface area contributed by atoms with Crippen molar-refractivity contribution in [1.82, 2.24) is 0 Å². The van der Waals surface area contributed by atoms with Gasteiger partial charge in [0.15, 0.2) is 0 Å². The molecule has 0 aliphatic heterocycles. The highest BCUT2D eigenvalue weighted by atomic mass is 79.9. The van der Waals surface area contributed by atoms with Crippen LogP contribution in [-0.2, 0) is 6.42 Å². The van der Waals surface area contributed by atoms with Crippen molar-refractivity contribution in [3.8, 4) is 0 Å². The molecule has 2 N–H and O–H groups in total. The molecule has 0 radical (unpaired) electrons. The summed E-state index contributed by atoms with van der Waals surface area (Å²) in [7, 11) is 0. The second-order valence-corrected chi connectivity index (χ2v) is 4.78. The molecule has 1 aliphatic rings. The Bertz CT molecular complexity index is 323. The zero-order chi connectivity index (χ0) is 8.72. The van der Waals surface area contributed by atoms with Gasteiger partial charge in [-0.05, 0) is 36.1 Å². The lowest BCUT2D eigenvalue weighted by Crippen LogP contribution is -2.05. The minimum absolute atomic E-state index is 0.215. The summed E-state index contributed by atoms with van der Waals surface area (Å²) < 4.78 is 2.33. The third-order valence-electron chi connectivity index (χ3n) is 2.32. The van der Waals surface area contributed by atoms with E-state index in [1.165, 1.54) is 15.6 Å². The SMILES string of the molecule is NC1CCc2c(Br)ccc(Br)c21. The highest BCUT2D eigenvalue weighted by Gasteiger charge is 2.23. The van der Waals surface area contributed by atoms with E-state index in [0.29, 0.717) is 0 Å². The van der Waals surface area contributed by atoms with Crippen molar-refractivity contribution in [3.05, 3.63) is 32.2 Å². The van der Waals surface area contributed by atoms with Gasteiger partial charge in [-0.3, -0.25) is 0 Å². The predicted octanol–water partition coefficient (Wildman–Crippen LogP) is 3.16. The molecule has 0 aromatic heterocycles. The Labute approximate surface area is 88.6 Å². The minimum Gasteiger partial charge on any atom is -0.324 e. The van der Waals surface area contributed by atoms with E-state index in [9.17, 15) is 0 Å². The summed E-state index contributed by atoms with van der Waals surface area (Å²) in [5, 5.41) is 0. The van der Waals surface area contributed by atoms with Gasteiger partial charge in [-0.15, -0.1) is 0 Å². The Morgan fingerprint density at radius 3 is 2.58 bits per heavy atom. The van der Waals surface area contributed by atoms with Gasteiger partial charge in [-0.2, -0.15) is 0 Å². The van der Waals surface area contributed by atoms with E-state index >= 15 is 0 Å². The maximum absolute atomic E-state index is 5.97. The molecule has 1 nitrogen and oxygen atoms in total. The van der Waals surface area contributed by atoms with Crippen molar-refractivity contribution in [2.45, 2.75) is 18.9 Å². The molecule has 1 aromatic carbocycles. The number of fused-ring (bicyclic) bond motifs is 1. The summed E-state index contributed by atoms with van der Waals surface area (Å²) in [5.74, 6) is 0. The summed E-state index contributed by atoms with van der Waals surface area (Å²) in [5.41, 5.74) is 8.62. The van der Waals surface area contributed by atoms with E-state index in [2.05, 4.69) is 37.9 Å². The lowest BCUT2D eigenvalue weighted by Gasteiger charge is -2.08. The van der Waals surface area contributed by atoms with Crippen LogP contribution in [0, 0.1) is 0 Å². The molecule has 3 heteroatoms. The summed E-state index contributed by atoms with van der Waals surface area (Å²) in [6.07, 6.45) is 2.16. The van der Waals surface area contributed by atoms with Crippen molar-refractivity contribution in [2.24, 2.45) is 5.73 Å². The Balaban J connectivity index is 2.64. The molecule has 0 spiro atoms. The minimum atomic E-state index is 0.215. The number of benzene rings is 1. The topological polar surface area (TPSA) is 26.0 Å². The van der Waals surface area contributed by atoms with Crippen molar-refractivity contribution < 1.29 is 0 Å². The third-order valence-corrected chi connectivity index (χ3v) is 3.76. The van der Waals surface area contributed by atoms with Crippen LogP contribution in [0.1, 0.15) is 23.6 Å². The zero-order valence-corrected chi connectivity index (χ0v) is 9.65. The molecule has 1 atom stereocenters. The first-order valence-electron chi connectivity index (χ1n) is 3.92. The summed E-state index contributed by atoms with van der Waals surface area (Å²) in [4.78, 5) is 0. The quantitative estimate of drug-likeness (QED) is 0.780. The Morgan fingerprint density at radius 2 is 1.92 bits per heavy atom. The second-order valence-electron chi connectivity index (χ2n) is 3.07. The average molecular weight is 291 g/mol. The van der Waals surface area contributed by atoms with E-state index in [1.54, 1.807) is 0 Å². The van der Waals surface area contributed by atoms with Crippen molar-refractivity contribution in [2.75, 3.05) is 0 Å². The van der Waals surface area contributed by atoms with Crippen LogP contribution in [0.4, 0.5) is 0 Å². The molecule has 0 saturated carbocycles. The van der Waals surface area contributed by atoms with E-state index in [0.717, 1.165) is 17.3 Å². The van der Waals surface area contributed by atoms with Gasteiger partial charge >= 0.3 is 0 Å². The van der Waals surface area contributed by atoms with Crippen LogP contribution >= 0.6 is 31.9 Å². The lowest BCUT2D eigenvalue weighted by molar-refractivity contribution is 0.711. The summed E-state index contributed by atoms with van der Waals surface area (Å²) in [6.45, 7) is 0. The molecule has 0 amide bonds. The van der Waals surface area contributed by atoms with Crippen LogP contribution in [0.25, 0.3) is 0 Å². The molecular weight excluding hydrogens is 282 g/mol. The molecule has 1 aromatic rings. The highest BCUT2D eigenvalue weighted by Crippen LogP contribution is 2.38. The first-order valence-corrected chi connectivity index (χ1v) is 5.51. The van der Waals surface area contributed by atoms with Crippen molar-refractivity contribution >= 4 is 31.9 Å². The zero-order valence-electron chi connectivity index (χ0n) is 6.48. The van der Waals surface area contributed by atoms with Gasteiger partial charge in [0.05, 0.1) is 0 Å². The van der Waals surface area contributed by atoms with E-state index in [-0.39, 0.29) is 6.04 Å². The number of halogens is 2. The normalized spacial score (nSPS) is 21.1. The number of hydrogen-bond donors (Lipinski definition) is 1. The monoisotopic (exact) mass is 289 g/mol. The fourth-order valence-electron chi connectivity index (χ4n) is 1.71. The van der Waals surface area contributed by atoms with Crippen LogP contribution in [0.2, 0.25) is 0 Å². The van der Waals surface area contributed by atoms with Gasteiger partial charge in [-0.25, -0.2) is 0 Å². The van der Waals surface area contributed by atoms with Gasteiger partial charge in [0.2, 0.25) is 0 Å². The van der Waals surface area contributed by atoms with E-state index in [4.69, 9.17) is 5.73 Å². The summed E-state index contributed by atoms with van der Waals surface area (Å²) in [6, 6.07) is 4.33. The van der Waals surface area contributed by atoms with Crippen LogP contribution in [0.5, 0.6) is 0 Å². The largest absolute Gasteiger partial charge is 0.324 e. The molecule has 0 saturated heterocycles. The number of rotatable bonds is 0. The molecular formula is C9H9Br2N. The standard InChI is InChI=1S/C9H9Br2N/c10-6-2-3-7(11)9-5(6)1-4-8(9)12/h2-3,8H,1,4,12H2. The smallest absolute Gasteiger partial charge is 0.0312 e. The number of hydrogen-bond acceptors (Lipinski definition) is 1. The predicted molar refractivity (Wildman–Crippen MR) is 57.1 cm³/mol. The van der Waals surface area contributed by atoms with Crippen molar-refractivity contribution in [1.29, 1.82) is 0 Å². The molecule has 0 heterocycles. The van der Waals surface area contributed by atoms with Gasteiger partial charge < -0.3 is 5.73 Å². The highest BCUT2D eigenvalue weighted by molar-refractivity contribution is 9.11. The second kappa shape index (κ2) is 3.13. The van der Waals surface area contributed by atoms with Gasteiger partial charge in [0.25, 0.3) is 0 Å². The molecule has 64 valence electrons. The first-order chi connectivity index (χ1) is 5.70. The average Bonchev–Trinajstić information content (AvgIpc) is 2.42. The maximum Gasteiger partial charge on any atom is 0.0312 e. The van der Waals surface area contributed by atoms with Crippen LogP contribution in [0.15, 0.2) is 21.1 Å². The van der Waals surface area contributed by atoms with Gasteiger partial charge in [-0.1, -0.05) is 31.9 Å². The summed E-state index contributed by atoms with van der Waals surface area (Å²) >= 11 is 7.05. The molecule has 12 heavy (non-hydrogen) atoms. The Kier molecular flexibility index (Phi) is 2.27. The van der Waals surface area contributed by atoms with E-state index < -0.39 is 0 Å². The molecule has 1 unspecified atom stereocenters. The first kappa shape index (κ1) is 8.73. The molecule has 0 bridgehead atoms. The third kappa shape index (κ3) is 1.24. The molecule has 0 fully saturated rings. The fourth-order valence-corrected chi connectivity index (χ4v) is 2.92. The molecule has 1 aliphatic carbocycles. The number of nitrogens with two attached hydrogens (primary N) is 1. The van der Waals surface area contributed by atoms with Crippen LogP contribution < -0.4 is 5.73 Å². The maximum atomic E-state index is 5.97.